The van der Waals surface area contributed by atoms with Crippen molar-refractivity contribution in [1.82, 2.24) is 30.8 Å². The number of fused-ring (bicyclic) bond motifs is 3. The van der Waals surface area contributed by atoms with E-state index in [0.717, 1.165) is 33.2 Å². The van der Waals surface area contributed by atoms with Crippen LogP contribution < -0.4 is 20.7 Å². The highest BCUT2D eigenvalue weighted by molar-refractivity contribution is 5.98. The van der Waals surface area contributed by atoms with Crippen molar-refractivity contribution in [3.05, 3.63) is 82.6 Å². The van der Waals surface area contributed by atoms with E-state index in [-0.39, 0.29) is 50.3 Å². The molecule has 2 bridgehead atoms. The quantitative estimate of drug-likeness (QED) is 0.271. The Morgan fingerprint density at radius 3 is 2.70 bits per heavy atom. The predicted octanol–water partition coefficient (Wildman–Crippen LogP) is 2.90. The van der Waals surface area contributed by atoms with Crippen LogP contribution in [-0.4, -0.2) is 77.3 Å². The molecule has 1 aliphatic rings. The first kappa shape index (κ1) is 32.3. The number of rotatable bonds is 4. The number of carbonyl (C=O) groups excluding carboxylic acids is 4. The molecule has 3 heterocycles. The summed E-state index contributed by atoms with van der Waals surface area (Å²) in [5, 5.41) is 9.48. The summed E-state index contributed by atoms with van der Waals surface area (Å²) < 4.78 is 11.7. The topological polar surface area (TPSA) is 159 Å². The second kappa shape index (κ2) is 14.8. The molecule has 0 saturated carbocycles. The largest absolute Gasteiger partial charge is 0.492 e. The first-order chi connectivity index (χ1) is 22.2. The van der Waals surface area contributed by atoms with Gasteiger partial charge in [0, 0.05) is 47.9 Å². The van der Waals surface area contributed by atoms with Gasteiger partial charge < -0.3 is 35.0 Å². The third-order valence-electron chi connectivity index (χ3n) is 8.20. The van der Waals surface area contributed by atoms with Crippen molar-refractivity contribution in [2.45, 2.75) is 52.5 Å². The molecule has 4 aromatic rings. The number of aromatic amines is 1. The molecule has 5 rings (SSSR count). The Balaban J connectivity index is 1.30. The molecule has 0 fully saturated rings. The second-order valence-electron chi connectivity index (χ2n) is 11.6. The standard InChI is InChI=1S/C34H40N6O6/c1-21-13-22(2)31-25(19-46-32(31)23(21)3)15-30(42)40-11-5-4-9-37-34(44)28(16-26-17-35-20-38-26)39-33(43)24-7-6-8-27(14-24)45-12-10-36-29(41)18-40/h6-8,13-14,17,19-20,28H,4-5,9-12,15-16,18H2,1-3H3,(H,35,38)(H,36,41)(H,37,44)(H,39,43)/t28-/m0/s1. The van der Waals surface area contributed by atoms with Crippen LogP contribution in [0.2, 0.25) is 0 Å². The fourth-order valence-corrected chi connectivity index (χ4v) is 5.63. The first-order valence-electron chi connectivity index (χ1n) is 15.5. The molecule has 0 aliphatic carbocycles. The van der Waals surface area contributed by atoms with Crippen LogP contribution in [0.5, 0.6) is 5.75 Å². The van der Waals surface area contributed by atoms with Crippen molar-refractivity contribution >= 4 is 34.6 Å². The molecule has 12 heteroatoms. The Bertz CT molecular complexity index is 1710. The number of amides is 4. The number of furan rings is 1. The van der Waals surface area contributed by atoms with E-state index in [1.165, 1.54) is 6.33 Å². The summed E-state index contributed by atoms with van der Waals surface area (Å²) in [5.41, 5.74) is 5.78. The lowest BCUT2D eigenvalue weighted by molar-refractivity contribution is -0.135. The van der Waals surface area contributed by atoms with Crippen LogP contribution in [0, 0.1) is 20.8 Å². The molecule has 12 nitrogen and oxygen atoms in total. The number of hydrogen-bond donors (Lipinski definition) is 4. The van der Waals surface area contributed by atoms with Gasteiger partial charge in [-0.05, 0) is 68.5 Å². The molecule has 46 heavy (non-hydrogen) atoms. The average Bonchev–Trinajstić information content (AvgIpc) is 3.71. The summed E-state index contributed by atoms with van der Waals surface area (Å²) in [6.07, 6.45) is 6.19. The number of aryl methyl sites for hydroxylation is 3. The van der Waals surface area contributed by atoms with Crippen LogP contribution in [-0.2, 0) is 27.2 Å². The number of nitrogens with one attached hydrogen (secondary N) is 4. The van der Waals surface area contributed by atoms with Crippen molar-refractivity contribution in [2.75, 3.05) is 32.8 Å². The van der Waals surface area contributed by atoms with E-state index in [2.05, 4.69) is 32.0 Å². The number of ether oxygens (including phenoxy) is 1. The SMILES string of the molecule is Cc1cc(C)c2c(CC(=O)N3CCCCNC(=O)[C@H](Cc4cnc[nH]4)NC(=O)c4cccc(c4)OCCNC(=O)C3)coc2c1C. The molecule has 1 atom stereocenters. The van der Waals surface area contributed by atoms with E-state index in [1.807, 2.05) is 20.8 Å². The van der Waals surface area contributed by atoms with Crippen molar-refractivity contribution in [1.29, 1.82) is 0 Å². The van der Waals surface area contributed by atoms with Crippen molar-refractivity contribution in [3.8, 4) is 5.75 Å². The van der Waals surface area contributed by atoms with Gasteiger partial charge in [0.1, 0.15) is 24.0 Å². The van der Waals surface area contributed by atoms with E-state index in [4.69, 9.17) is 9.15 Å². The third kappa shape index (κ3) is 7.92. The summed E-state index contributed by atoms with van der Waals surface area (Å²) >= 11 is 0. The Hall–Kier alpha value is -5.13. The van der Waals surface area contributed by atoms with Crippen LogP contribution in [0.1, 0.15) is 51.1 Å². The Labute approximate surface area is 267 Å². The molecule has 0 saturated heterocycles. The fraction of sp³-hybridized carbons (Fsp3) is 0.382. The highest BCUT2D eigenvalue weighted by atomic mass is 16.5. The van der Waals surface area contributed by atoms with Gasteiger partial charge in [0.25, 0.3) is 5.91 Å². The van der Waals surface area contributed by atoms with Crippen molar-refractivity contribution in [2.24, 2.45) is 0 Å². The maximum atomic E-state index is 13.6. The molecule has 0 radical (unpaired) electrons. The molecule has 2 aromatic carbocycles. The van der Waals surface area contributed by atoms with Crippen LogP contribution in [0.3, 0.4) is 0 Å². The fourth-order valence-electron chi connectivity index (χ4n) is 5.63. The van der Waals surface area contributed by atoms with Gasteiger partial charge in [0.05, 0.1) is 32.1 Å². The number of carbonyl (C=O) groups is 4. The molecule has 0 unspecified atom stereocenters. The summed E-state index contributed by atoms with van der Waals surface area (Å²) in [5.74, 6) is -0.817. The van der Waals surface area contributed by atoms with Gasteiger partial charge >= 0.3 is 0 Å². The van der Waals surface area contributed by atoms with Crippen LogP contribution >= 0.6 is 0 Å². The molecule has 4 amide bonds. The predicted molar refractivity (Wildman–Crippen MR) is 171 cm³/mol. The maximum Gasteiger partial charge on any atom is 0.252 e. The highest BCUT2D eigenvalue weighted by Crippen LogP contribution is 2.30. The number of hydrogen-bond acceptors (Lipinski definition) is 7. The van der Waals surface area contributed by atoms with Crippen molar-refractivity contribution < 1.29 is 28.3 Å². The highest BCUT2D eigenvalue weighted by Gasteiger charge is 2.24. The number of benzene rings is 2. The summed E-state index contributed by atoms with van der Waals surface area (Å²) in [6, 6.07) is 7.86. The van der Waals surface area contributed by atoms with Gasteiger partial charge in [-0.25, -0.2) is 4.98 Å². The second-order valence-corrected chi connectivity index (χ2v) is 11.6. The summed E-state index contributed by atoms with van der Waals surface area (Å²) in [4.78, 5) is 61.4. The van der Waals surface area contributed by atoms with Gasteiger partial charge in [0.2, 0.25) is 17.7 Å². The Kier molecular flexibility index (Phi) is 10.4. The zero-order valence-corrected chi connectivity index (χ0v) is 26.4. The lowest BCUT2D eigenvalue weighted by Gasteiger charge is -2.22. The van der Waals surface area contributed by atoms with Crippen LogP contribution in [0.4, 0.5) is 0 Å². The zero-order chi connectivity index (χ0) is 32.6. The minimum atomic E-state index is -0.847. The zero-order valence-electron chi connectivity index (χ0n) is 26.4. The van der Waals surface area contributed by atoms with Crippen molar-refractivity contribution in [3.63, 3.8) is 0 Å². The molecule has 0 spiro atoms. The normalized spacial score (nSPS) is 17.2. The number of aromatic nitrogens is 2. The van der Waals surface area contributed by atoms with E-state index in [1.54, 1.807) is 41.6 Å². The molecule has 4 N–H and O–H groups in total. The number of nitrogens with zero attached hydrogens (tertiary/aromatic N) is 2. The van der Waals surface area contributed by atoms with Gasteiger partial charge in [0.15, 0.2) is 0 Å². The average molecular weight is 629 g/mol. The Morgan fingerprint density at radius 2 is 1.89 bits per heavy atom. The van der Waals surface area contributed by atoms with Gasteiger partial charge in [-0.3, -0.25) is 19.2 Å². The van der Waals surface area contributed by atoms with Gasteiger partial charge in [-0.15, -0.1) is 0 Å². The minimum Gasteiger partial charge on any atom is -0.492 e. The van der Waals surface area contributed by atoms with Gasteiger partial charge in [-0.1, -0.05) is 12.1 Å². The summed E-state index contributed by atoms with van der Waals surface area (Å²) in [7, 11) is 0. The Morgan fingerprint density at radius 1 is 1.04 bits per heavy atom. The van der Waals surface area contributed by atoms with E-state index >= 15 is 0 Å². The van der Waals surface area contributed by atoms with E-state index < -0.39 is 11.9 Å². The van der Waals surface area contributed by atoms with E-state index in [0.29, 0.717) is 42.9 Å². The molecule has 242 valence electrons. The maximum absolute atomic E-state index is 13.6. The molecular formula is C34H40N6O6. The molecule has 2 aromatic heterocycles. The summed E-state index contributed by atoms with van der Waals surface area (Å²) in [6.45, 7) is 6.95. The lowest BCUT2D eigenvalue weighted by atomic mass is 9.98. The lowest BCUT2D eigenvalue weighted by Crippen LogP contribution is -2.48. The monoisotopic (exact) mass is 628 g/mol. The first-order valence-corrected chi connectivity index (χ1v) is 15.5. The van der Waals surface area contributed by atoms with Crippen LogP contribution in [0.25, 0.3) is 11.0 Å². The van der Waals surface area contributed by atoms with Crippen LogP contribution in [0.15, 0.2) is 53.5 Å². The smallest absolute Gasteiger partial charge is 0.252 e. The van der Waals surface area contributed by atoms with E-state index in [9.17, 15) is 19.2 Å². The minimum absolute atomic E-state index is 0.0921. The molecular weight excluding hydrogens is 588 g/mol. The number of H-pyrrole nitrogens is 1. The van der Waals surface area contributed by atoms with Gasteiger partial charge in [-0.2, -0.15) is 0 Å². The number of imidazole rings is 1. The third-order valence-corrected chi connectivity index (χ3v) is 8.20. The molecule has 1 aliphatic heterocycles.